The molecule has 5 nitrogen and oxygen atoms in total. The maximum absolute atomic E-state index is 14.0. The van der Waals surface area contributed by atoms with Crippen LogP contribution in [0.4, 0.5) is 10.1 Å². The number of aromatic nitrogens is 3. The number of hydrogen-bond donors (Lipinski definition) is 2. The number of nitrogens with zero attached hydrogens (tertiary/aromatic N) is 2. The second-order valence-corrected chi connectivity index (χ2v) is 6.40. The number of hydrogen-bond acceptors (Lipinski definition) is 3. The minimum Gasteiger partial charge on any atom is -0.346 e. The Morgan fingerprint density at radius 2 is 2.00 bits per heavy atom. The molecule has 3 heterocycles. The van der Waals surface area contributed by atoms with Crippen LogP contribution >= 0.6 is 0 Å². The molecule has 4 aromatic rings. The van der Waals surface area contributed by atoms with Gasteiger partial charge in [0.05, 0.1) is 5.69 Å². The van der Waals surface area contributed by atoms with Crippen LogP contribution in [0.15, 0.2) is 67.6 Å². The van der Waals surface area contributed by atoms with Gasteiger partial charge in [0.2, 0.25) is 5.91 Å². The highest BCUT2D eigenvalue weighted by Gasteiger charge is 2.11. The number of aromatic amines is 1. The van der Waals surface area contributed by atoms with Crippen molar-refractivity contribution in [1.29, 1.82) is 0 Å². The van der Waals surface area contributed by atoms with Gasteiger partial charge in [-0.2, -0.15) is 0 Å². The van der Waals surface area contributed by atoms with E-state index in [0.717, 1.165) is 45.1 Å². The summed E-state index contributed by atoms with van der Waals surface area (Å²) in [6.07, 6.45) is 6.50. The summed E-state index contributed by atoms with van der Waals surface area (Å²) in [5, 5.41) is 3.43. The van der Waals surface area contributed by atoms with Crippen LogP contribution in [0.1, 0.15) is 5.69 Å². The average Bonchev–Trinajstić information content (AvgIpc) is 3.12. The number of H-pyrrole nitrogens is 1. The minimum atomic E-state index is -0.511. The van der Waals surface area contributed by atoms with Gasteiger partial charge in [-0.3, -0.25) is 9.78 Å². The first-order chi connectivity index (χ1) is 13.5. The Morgan fingerprint density at radius 3 is 2.79 bits per heavy atom. The zero-order chi connectivity index (χ0) is 19.7. The van der Waals surface area contributed by atoms with E-state index in [9.17, 15) is 9.18 Å². The van der Waals surface area contributed by atoms with E-state index in [1.807, 2.05) is 31.3 Å². The summed E-state index contributed by atoms with van der Waals surface area (Å²) in [6, 6.07) is 10.5. The highest BCUT2D eigenvalue weighted by molar-refractivity contribution is 6.00. The second kappa shape index (κ2) is 7.08. The van der Waals surface area contributed by atoms with Crippen molar-refractivity contribution >= 4 is 22.6 Å². The highest BCUT2D eigenvalue weighted by atomic mass is 19.1. The quantitative estimate of drug-likeness (QED) is 0.502. The molecule has 0 atom stereocenters. The van der Waals surface area contributed by atoms with Crippen molar-refractivity contribution in [2.24, 2.45) is 0 Å². The molecular formula is C22H17FN4O. The molecule has 3 aromatic heterocycles. The minimum absolute atomic E-state index is 0.0987. The molecule has 0 spiro atoms. The Hall–Kier alpha value is -3.80. The Morgan fingerprint density at radius 1 is 1.14 bits per heavy atom. The summed E-state index contributed by atoms with van der Waals surface area (Å²) >= 11 is 0. The zero-order valence-electron chi connectivity index (χ0n) is 15.2. The van der Waals surface area contributed by atoms with E-state index < -0.39 is 11.7 Å². The molecule has 4 rings (SSSR count). The number of carbonyl (C=O) groups excluding carboxylic acids is 1. The van der Waals surface area contributed by atoms with Gasteiger partial charge in [0.1, 0.15) is 11.5 Å². The van der Waals surface area contributed by atoms with Crippen molar-refractivity contribution in [2.45, 2.75) is 6.92 Å². The van der Waals surface area contributed by atoms with Crippen molar-refractivity contribution in [3.63, 3.8) is 0 Å². The Balaban J connectivity index is 1.80. The Kier molecular flexibility index (Phi) is 4.45. The van der Waals surface area contributed by atoms with Crippen LogP contribution in [0.5, 0.6) is 0 Å². The van der Waals surface area contributed by atoms with E-state index in [2.05, 4.69) is 26.8 Å². The number of aryl methyl sites for hydroxylation is 1. The van der Waals surface area contributed by atoms with Gasteiger partial charge in [0.15, 0.2) is 0 Å². The fraction of sp³-hybridized carbons (Fsp3) is 0.0455. The summed E-state index contributed by atoms with van der Waals surface area (Å²) in [7, 11) is 0. The molecule has 1 aromatic carbocycles. The SMILES string of the molecule is C=CC(=O)Nc1cc(-c2cnc3[nH]cc(-c4ccnc(C)c4)c3c2)ccc1F. The first kappa shape index (κ1) is 17.6. The van der Waals surface area contributed by atoms with Crippen LogP contribution in [0.25, 0.3) is 33.3 Å². The molecule has 0 aliphatic rings. The third-order valence-corrected chi connectivity index (χ3v) is 4.48. The zero-order valence-corrected chi connectivity index (χ0v) is 15.2. The number of anilines is 1. The lowest BCUT2D eigenvalue weighted by Crippen LogP contribution is -2.08. The van der Waals surface area contributed by atoms with Gasteiger partial charge >= 0.3 is 0 Å². The van der Waals surface area contributed by atoms with Crippen molar-refractivity contribution in [3.8, 4) is 22.3 Å². The number of carbonyl (C=O) groups is 1. The first-order valence-corrected chi connectivity index (χ1v) is 8.68. The predicted molar refractivity (Wildman–Crippen MR) is 108 cm³/mol. The Bertz CT molecular complexity index is 1210. The molecule has 0 saturated heterocycles. The number of pyridine rings is 2. The lowest BCUT2D eigenvalue weighted by atomic mass is 10.0. The first-order valence-electron chi connectivity index (χ1n) is 8.68. The summed E-state index contributed by atoms with van der Waals surface area (Å²) < 4.78 is 14.0. The maximum Gasteiger partial charge on any atom is 0.247 e. The predicted octanol–water partition coefficient (Wildman–Crippen LogP) is 4.86. The fourth-order valence-electron chi connectivity index (χ4n) is 3.10. The third-order valence-electron chi connectivity index (χ3n) is 4.48. The molecule has 0 aliphatic carbocycles. The molecular weight excluding hydrogens is 355 g/mol. The molecule has 6 heteroatoms. The van der Waals surface area contributed by atoms with Gasteiger partial charge in [0, 0.05) is 40.8 Å². The van der Waals surface area contributed by atoms with Crippen molar-refractivity contribution < 1.29 is 9.18 Å². The van der Waals surface area contributed by atoms with Crippen LogP contribution < -0.4 is 5.32 Å². The molecule has 1 amide bonds. The van der Waals surface area contributed by atoms with Crippen molar-refractivity contribution in [2.75, 3.05) is 5.32 Å². The number of halogens is 1. The topological polar surface area (TPSA) is 70.7 Å². The van der Waals surface area contributed by atoms with Crippen LogP contribution in [-0.4, -0.2) is 20.9 Å². The number of benzene rings is 1. The number of rotatable bonds is 4. The Labute approximate surface area is 161 Å². The number of fused-ring (bicyclic) bond motifs is 1. The smallest absolute Gasteiger partial charge is 0.247 e. The third kappa shape index (κ3) is 3.27. The molecule has 0 bridgehead atoms. The van der Waals surface area contributed by atoms with E-state index in [4.69, 9.17) is 0 Å². The maximum atomic E-state index is 14.0. The average molecular weight is 372 g/mol. The van der Waals surface area contributed by atoms with Crippen LogP contribution in [0.3, 0.4) is 0 Å². The van der Waals surface area contributed by atoms with E-state index in [1.165, 1.54) is 6.07 Å². The van der Waals surface area contributed by atoms with Gasteiger partial charge in [0.25, 0.3) is 0 Å². The largest absolute Gasteiger partial charge is 0.346 e. The van der Waals surface area contributed by atoms with Crippen molar-refractivity contribution in [3.05, 3.63) is 79.2 Å². The molecule has 138 valence electrons. The van der Waals surface area contributed by atoms with Gasteiger partial charge in [-0.25, -0.2) is 9.37 Å². The number of nitrogens with one attached hydrogen (secondary N) is 2. The van der Waals surface area contributed by atoms with Gasteiger partial charge in [-0.15, -0.1) is 0 Å². The standard InChI is InChI=1S/C22H17FN4O/c1-3-21(28)27-20-10-14(4-5-19(20)23)16-9-17-18(12-26-22(17)25-11-16)15-6-7-24-13(2)8-15/h3-12H,1H2,2H3,(H,25,26)(H,27,28). The summed E-state index contributed by atoms with van der Waals surface area (Å²) in [6.45, 7) is 5.33. The molecule has 0 saturated carbocycles. The van der Waals surface area contributed by atoms with E-state index in [-0.39, 0.29) is 5.69 Å². The van der Waals surface area contributed by atoms with Crippen LogP contribution in [0.2, 0.25) is 0 Å². The monoisotopic (exact) mass is 372 g/mol. The summed E-state index contributed by atoms with van der Waals surface area (Å²) in [5.41, 5.74) is 5.39. The van der Waals surface area contributed by atoms with Crippen molar-refractivity contribution in [1.82, 2.24) is 15.0 Å². The fourth-order valence-corrected chi connectivity index (χ4v) is 3.10. The second-order valence-electron chi connectivity index (χ2n) is 6.40. The lowest BCUT2D eigenvalue weighted by molar-refractivity contribution is -0.111. The highest BCUT2D eigenvalue weighted by Crippen LogP contribution is 2.32. The molecule has 0 fully saturated rings. The summed E-state index contributed by atoms with van der Waals surface area (Å²) in [4.78, 5) is 23.4. The van der Waals surface area contributed by atoms with Gasteiger partial charge in [-0.05, 0) is 54.5 Å². The van der Waals surface area contributed by atoms with E-state index in [0.29, 0.717) is 0 Å². The molecule has 0 aliphatic heterocycles. The molecule has 0 radical (unpaired) electrons. The summed E-state index contributed by atoms with van der Waals surface area (Å²) in [5.74, 6) is -0.979. The molecule has 2 N–H and O–H groups in total. The molecule has 28 heavy (non-hydrogen) atoms. The number of amides is 1. The normalized spacial score (nSPS) is 10.8. The molecule has 0 unspecified atom stereocenters. The van der Waals surface area contributed by atoms with Gasteiger partial charge in [-0.1, -0.05) is 12.6 Å². The van der Waals surface area contributed by atoms with E-state index in [1.54, 1.807) is 24.5 Å². The van der Waals surface area contributed by atoms with Crippen LogP contribution in [-0.2, 0) is 4.79 Å². The van der Waals surface area contributed by atoms with Crippen LogP contribution in [0, 0.1) is 12.7 Å². The van der Waals surface area contributed by atoms with E-state index >= 15 is 0 Å². The lowest BCUT2D eigenvalue weighted by Gasteiger charge is -2.08. The van der Waals surface area contributed by atoms with Gasteiger partial charge < -0.3 is 10.3 Å².